The van der Waals surface area contributed by atoms with Crippen LogP contribution >= 0.6 is 11.3 Å². The van der Waals surface area contributed by atoms with E-state index in [9.17, 15) is 13.2 Å². The van der Waals surface area contributed by atoms with Gasteiger partial charge in [0.25, 0.3) is 0 Å². The number of aromatic nitrogens is 2. The molecular formula is C15H24N4O3S2. The topological polar surface area (TPSA) is 92.3 Å². The maximum atomic E-state index is 12.5. The summed E-state index contributed by atoms with van der Waals surface area (Å²) in [5.41, 5.74) is 0. The van der Waals surface area contributed by atoms with Crippen molar-refractivity contribution < 1.29 is 13.2 Å². The summed E-state index contributed by atoms with van der Waals surface area (Å²) in [4.78, 5) is 12.5. The Kier molecular flexibility index (Phi) is 5.51. The molecule has 9 heteroatoms. The Balaban J connectivity index is 1.57. The quantitative estimate of drug-likeness (QED) is 0.792. The number of hydrogen-bond donors (Lipinski definition) is 1. The van der Waals surface area contributed by atoms with Crippen LogP contribution in [-0.2, 0) is 14.8 Å². The van der Waals surface area contributed by atoms with Gasteiger partial charge in [-0.05, 0) is 32.1 Å². The Morgan fingerprint density at radius 1 is 1.33 bits per heavy atom. The molecule has 7 nitrogen and oxygen atoms in total. The van der Waals surface area contributed by atoms with Crippen molar-refractivity contribution in [2.75, 3.05) is 24.2 Å². The molecule has 1 N–H and O–H groups in total. The van der Waals surface area contributed by atoms with Crippen molar-refractivity contribution in [2.45, 2.75) is 51.4 Å². The minimum atomic E-state index is -3.26. The zero-order valence-corrected chi connectivity index (χ0v) is 15.5. The van der Waals surface area contributed by atoms with Crippen LogP contribution in [0.4, 0.5) is 5.13 Å². The molecule has 0 unspecified atom stereocenters. The summed E-state index contributed by atoms with van der Waals surface area (Å²) >= 11 is 1.43. The number of amides is 1. The zero-order chi connectivity index (χ0) is 17.2. The van der Waals surface area contributed by atoms with Gasteiger partial charge in [0.05, 0.1) is 11.7 Å². The lowest BCUT2D eigenvalue weighted by atomic mass is 9.99. The van der Waals surface area contributed by atoms with Gasteiger partial charge in [0.15, 0.2) is 0 Å². The van der Waals surface area contributed by atoms with E-state index in [-0.39, 0.29) is 24.1 Å². The summed E-state index contributed by atoms with van der Waals surface area (Å²) < 4.78 is 26.1. The minimum Gasteiger partial charge on any atom is -0.300 e. The summed E-state index contributed by atoms with van der Waals surface area (Å²) in [7, 11) is -3.26. The van der Waals surface area contributed by atoms with Crippen molar-refractivity contribution in [1.29, 1.82) is 0 Å². The molecule has 2 heterocycles. The van der Waals surface area contributed by atoms with Gasteiger partial charge in [-0.25, -0.2) is 12.7 Å². The highest BCUT2D eigenvalue weighted by atomic mass is 32.2. The van der Waals surface area contributed by atoms with Gasteiger partial charge in [0.2, 0.25) is 21.1 Å². The Labute approximate surface area is 146 Å². The Morgan fingerprint density at radius 2 is 2.12 bits per heavy atom. The predicted octanol–water partition coefficient (Wildman–Crippen LogP) is 2.20. The summed E-state index contributed by atoms with van der Waals surface area (Å²) in [5, 5.41) is 12.5. The van der Waals surface area contributed by atoms with Crippen LogP contribution in [0.3, 0.4) is 0 Å². The van der Waals surface area contributed by atoms with Crippen LogP contribution in [0.25, 0.3) is 0 Å². The number of rotatable bonds is 7. The van der Waals surface area contributed by atoms with Gasteiger partial charge in [0.1, 0.15) is 5.01 Å². The average Bonchev–Trinajstić information content (AvgIpc) is 3.33. The van der Waals surface area contributed by atoms with E-state index in [1.54, 1.807) is 0 Å². The molecule has 0 bridgehead atoms. The molecule has 24 heavy (non-hydrogen) atoms. The molecule has 134 valence electrons. The molecule has 0 aromatic carbocycles. The van der Waals surface area contributed by atoms with E-state index in [1.165, 1.54) is 15.6 Å². The lowest BCUT2D eigenvalue weighted by Crippen LogP contribution is -2.44. The van der Waals surface area contributed by atoms with Gasteiger partial charge in [-0.2, -0.15) is 0 Å². The maximum Gasteiger partial charge on any atom is 0.230 e. The molecule has 1 aliphatic carbocycles. The third-order valence-corrected chi connectivity index (χ3v) is 7.43. The van der Waals surface area contributed by atoms with E-state index in [4.69, 9.17) is 0 Å². The largest absolute Gasteiger partial charge is 0.300 e. The second-order valence-corrected chi connectivity index (χ2v) is 9.67. The van der Waals surface area contributed by atoms with Crippen molar-refractivity contribution in [2.24, 2.45) is 5.92 Å². The van der Waals surface area contributed by atoms with E-state index < -0.39 is 10.0 Å². The molecule has 1 saturated heterocycles. The van der Waals surface area contributed by atoms with Gasteiger partial charge in [-0.1, -0.05) is 24.7 Å². The Hall–Kier alpha value is -1.06. The molecule has 0 spiro atoms. The highest BCUT2D eigenvalue weighted by Crippen LogP contribution is 2.42. The fourth-order valence-electron chi connectivity index (χ4n) is 2.85. The number of hydrogen-bond acceptors (Lipinski definition) is 6. The number of nitrogens with one attached hydrogen (secondary N) is 1. The van der Waals surface area contributed by atoms with Gasteiger partial charge in [-0.15, -0.1) is 10.2 Å². The SMILES string of the molecule is CCCCS(=O)(=O)N1CCC[C@@H](C(=O)Nc2nnc(C3CC3)s2)C1. The number of carbonyl (C=O) groups is 1. The van der Waals surface area contributed by atoms with Crippen molar-refractivity contribution in [3.05, 3.63) is 5.01 Å². The third kappa shape index (κ3) is 4.31. The first-order valence-electron chi connectivity index (χ1n) is 8.61. The standard InChI is InChI=1S/C15H24N4O3S2/c1-2-3-9-24(21,22)19-8-4-5-12(10-19)13(20)16-15-18-17-14(23-15)11-6-7-11/h11-12H,2-10H2,1H3,(H,16,18,20)/t12-/m1/s1. The van der Waals surface area contributed by atoms with Crippen molar-refractivity contribution in [3.8, 4) is 0 Å². The number of sulfonamides is 1. The lowest BCUT2D eigenvalue weighted by Gasteiger charge is -2.31. The molecule has 2 fully saturated rings. The second kappa shape index (κ2) is 7.45. The lowest BCUT2D eigenvalue weighted by molar-refractivity contribution is -0.120. The van der Waals surface area contributed by atoms with Crippen LogP contribution in [0.15, 0.2) is 0 Å². The first-order chi connectivity index (χ1) is 11.5. The Bertz CT molecular complexity index is 685. The molecule has 1 atom stereocenters. The summed E-state index contributed by atoms with van der Waals surface area (Å²) in [5.74, 6) is 0.216. The molecule has 1 aromatic rings. The van der Waals surface area contributed by atoms with Crippen LogP contribution in [0.5, 0.6) is 0 Å². The third-order valence-electron chi connectivity index (χ3n) is 4.50. The molecule has 0 radical (unpaired) electrons. The highest BCUT2D eigenvalue weighted by molar-refractivity contribution is 7.89. The number of carbonyl (C=O) groups excluding carboxylic acids is 1. The summed E-state index contributed by atoms with van der Waals surface area (Å²) in [6.07, 6.45) is 5.22. The van der Waals surface area contributed by atoms with Crippen LogP contribution < -0.4 is 5.32 Å². The summed E-state index contributed by atoms with van der Waals surface area (Å²) in [6, 6.07) is 0. The van der Waals surface area contributed by atoms with Gasteiger partial charge >= 0.3 is 0 Å². The monoisotopic (exact) mass is 372 g/mol. The van der Waals surface area contributed by atoms with E-state index >= 15 is 0 Å². The number of unbranched alkanes of at least 4 members (excludes halogenated alkanes) is 1. The van der Waals surface area contributed by atoms with E-state index in [0.29, 0.717) is 36.9 Å². The molecule has 3 rings (SSSR count). The van der Waals surface area contributed by atoms with Gasteiger partial charge in [0, 0.05) is 19.0 Å². The highest BCUT2D eigenvalue weighted by Gasteiger charge is 2.33. The van der Waals surface area contributed by atoms with E-state index in [1.807, 2.05) is 6.92 Å². The first kappa shape index (κ1) is 17.8. The molecular weight excluding hydrogens is 348 g/mol. The Morgan fingerprint density at radius 3 is 2.83 bits per heavy atom. The fraction of sp³-hybridized carbons (Fsp3) is 0.800. The van der Waals surface area contributed by atoms with Gasteiger partial charge in [-0.3, -0.25) is 4.79 Å². The van der Waals surface area contributed by atoms with Crippen LogP contribution in [-0.4, -0.2) is 47.7 Å². The van der Waals surface area contributed by atoms with E-state index in [0.717, 1.165) is 24.3 Å². The molecule has 1 aromatic heterocycles. The van der Waals surface area contributed by atoms with Gasteiger partial charge < -0.3 is 5.32 Å². The van der Waals surface area contributed by atoms with Crippen LogP contribution in [0.1, 0.15) is 56.4 Å². The first-order valence-corrected chi connectivity index (χ1v) is 11.0. The fourth-order valence-corrected chi connectivity index (χ4v) is 5.49. The van der Waals surface area contributed by atoms with Crippen LogP contribution in [0.2, 0.25) is 0 Å². The van der Waals surface area contributed by atoms with Crippen molar-refractivity contribution in [1.82, 2.24) is 14.5 Å². The molecule has 1 saturated carbocycles. The molecule has 1 amide bonds. The maximum absolute atomic E-state index is 12.5. The zero-order valence-electron chi connectivity index (χ0n) is 13.9. The number of anilines is 1. The predicted molar refractivity (Wildman–Crippen MR) is 93.5 cm³/mol. The average molecular weight is 373 g/mol. The second-order valence-electron chi connectivity index (χ2n) is 6.58. The number of nitrogens with zero attached hydrogens (tertiary/aromatic N) is 3. The molecule has 1 aliphatic heterocycles. The normalized spacial score (nSPS) is 22.5. The summed E-state index contributed by atoms with van der Waals surface area (Å²) in [6.45, 7) is 2.76. The van der Waals surface area contributed by atoms with Crippen molar-refractivity contribution >= 4 is 32.4 Å². The minimum absolute atomic E-state index is 0.149. The smallest absolute Gasteiger partial charge is 0.230 e. The molecule has 2 aliphatic rings. The number of piperidine rings is 1. The van der Waals surface area contributed by atoms with Crippen molar-refractivity contribution in [3.63, 3.8) is 0 Å². The van der Waals surface area contributed by atoms with E-state index in [2.05, 4.69) is 15.5 Å². The van der Waals surface area contributed by atoms with Crippen LogP contribution in [0, 0.1) is 5.92 Å².